The Bertz CT molecular complexity index is 1240. The van der Waals surface area contributed by atoms with Gasteiger partial charge >= 0.3 is 23.9 Å². The molecule has 1 aliphatic heterocycles. The van der Waals surface area contributed by atoms with Gasteiger partial charge in [0, 0.05) is 33.1 Å². The highest BCUT2D eigenvalue weighted by Gasteiger charge is 2.64. The highest BCUT2D eigenvalue weighted by Crippen LogP contribution is 2.67. The van der Waals surface area contributed by atoms with Crippen LogP contribution in [0.1, 0.15) is 86.0 Å². The van der Waals surface area contributed by atoms with Crippen molar-refractivity contribution >= 4 is 29.7 Å². The number of Topliss-reactive ketones (excluding diaryl/α,β-unsaturated/α-hetero) is 1. The molecule has 47 heavy (non-hydrogen) atoms. The molecule has 1 saturated heterocycles. The highest BCUT2D eigenvalue weighted by molar-refractivity contribution is 5.84. The lowest BCUT2D eigenvalue weighted by molar-refractivity contribution is -0.314. The second-order valence-electron chi connectivity index (χ2n) is 14.8. The molecular weight excluding hydrogens is 616 g/mol. The lowest BCUT2D eigenvalue weighted by atomic mass is 9.44. The number of aliphatic hydroxyl groups excluding tert-OH is 2. The Kier molecular flexibility index (Phi) is 10.4. The van der Waals surface area contributed by atoms with E-state index in [9.17, 15) is 34.2 Å². The average molecular weight is 667 g/mol. The predicted octanol–water partition coefficient (Wildman–Crippen LogP) is 2.26. The molecule has 0 bridgehead atoms. The van der Waals surface area contributed by atoms with E-state index < -0.39 is 66.8 Å². The molecule has 1 heterocycles. The molecule has 4 saturated carbocycles. The number of hydrogen-bond donors (Lipinski definition) is 2. The third kappa shape index (κ3) is 6.57. The van der Waals surface area contributed by atoms with E-state index in [1.54, 1.807) is 0 Å². The van der Waals surface area contributed by atoms with Crippen molar-refractivity contribution in [3.05, 3.63) is 0 Å². The lowest BCUT2D eigenvalue weighted by Crippen LogP contribution is -2.64. The van der Waals surface area contributed by atoms with Crippen LogP contribution in [-0.2, 0) is 52.4 Å². The maximum Gasteiger partial charge on any atom is 0.339 e. The van der Waals surface area contributed by atoms with Gasteiger partial charge < -0.3 is 38.6 Å². The minimum atomic E-state index is -1.52. The standard InChI is InChI=1S/C34H50O13/c1-16(36)43-27-28(44-17(2)37)30(45-18(3)38)32(47-29(27)31(41)42-6)46-20-11-12-33(4)19(13-20)7-8-21-22-9-10-23(25(40)15-35)34(22,5)14-24(39)26(21)33/h19-23,25-30,32,35,40H,7-15H2,1-6H3/t19-,20-,21-,22+,23-,25-,26-,27+,28+,29-,30-,32-,33-,34+/m1/s1. The van der Waals surface area contributed by atoms with Crippen molar-refractivity contribution in [1.82, 2.24) is 0 Å². The van der Waals surface area contributed by atoms with E-state index in [0.717, 1.165) is 46.6 Å². The van der Waals surface area contributed by atoms with Crippen molar-refractivity contribution in [3.8, 4) is 0 Å². The van der Waals surface area contributed by atoms with Gasteiger partial charge in [-0.15, -0.1) is 0 Å². The van der Waals surface area contributed by atoms with Gasteiger partial charge in [-0.3, -0.25) is 19.2 Å². The van der Waals surface area contributed by atoms with E-state index in [4.69, 9.17) is 28.4 Å². The highest BCUT2D eigenvalue weighted by atomic mass is 16.7. The van der Waals surface area contributed by atoms with Crippen LogP contribution in [0.25, 0.3) is 0 Å². The summed E-state index contributed by atoms with van der Waals surface area (Å²) >= 11 is 0. The molecule has 0 aromatic heterocycles. The van der Waals surface area contributed by atoms with Crippen molar-refractivity contribution in [1.29, 1.82) is 0 Å². The van der Waals surface area contributed by atoms with Gasteiger partial charge in [-0.05, 0) is 79.4 Å². The normalized spacial score (nSPS) is 43.4. The molecule has 13 heteroatoms. The summed E-state index contributed by atoms with van der Waals surface area (Å²) in [6.45, 7) is 7.48. The van der Waals surface area contributed by atoms with Crippen LogP contribution in [0.2, 0.25) is 0 Å². The molecule has 5 rings (SSSR count). The van der Waals surface area contributed by atoms with E-state index in [1.165, 1.54) is 6.92 Å². The number of ether oxygens (including phenoxy) is 6. The van der Waals surface area contributed by atoms with Crippen molar-refractivity contribution in [2.75, 3.05) is 13.7 Å². The molecule has 0 radical (unpaired) electrons. The summed E-state index contributed by atoms with van der Waals surface area (Å²) in [7, 11) is 1.14. The lowest BCUT2D eigenvalue weighted by Gasteiger charge is -2.60. The third-order valence-corrected chi connectivity index (χ3v) is 12.2. The molecule has 0 unspecified atom stereocenters. The van der Waals surface area contributed by atoms with Crippen molar-refractivity contribution in [2.24, 2.45) is 40.4 Å². The van der Waals surface area contributed by atoms with Crippen LogP contribution in [0.3, 0.4) is 0 Å². The predicted molar refractivity (Wildman–Crippen MR) is 161 cm³/mol. The number of fused-ring (bicyclic) bond motifs is 5. The molecule has 4 aliphatic carbocycles. The maximum absolute atomic E-state index is 14.0. The number of rotatable bonds is 8. The second-order valence-corrected chi connectivity index (χ2v) is 14.8. The molecule has 0 aromatic rings. The molecule has 5 aliphatic rings. The van der Waals surface area contributed by atoms with Gasteiger partial charge in [0.25, 0.3) is 0 Å². The van der Waals surface area contributed by atoms with Crippen molar-refractivity contribution < 1.29 is 62.6 Å². The number of aliphatic hydroxyl groups is 2. The van der Waals surface area contributed by atoms with Crippen LogP contribution in [0, 0.1) is 40.4 Å². The number of carbonyl (C=O) groups excluding carboxylic acids is 5. The van der Waals surface area contributed by atoms with Crippen molar-refractivity contribution in [3.63, 3.8) is 0 Å². The van der Waals surface area contributed by atoms with E-state index in [-0.39, 0.29) is 46.9 Å². The first-order valence-corrected chi connectivity index (χ1v) is 16.9. The van der Waals surface area contributed by atoms with Gasteiger partial charge in [-0.25, -0.2) is 4.79 Å². The first-order chi connectivity index (χ1) is 22.1. The zero-order valence-electron chi connectivity index (χ0n) is 28.2. The summed E-state index contributed by atoms with van der Waals surface area (Å²) in [6.07, 6.45) is -2.54. The van der Waals surface area contributed by atoms with Gasteiger partial charge in [-0.1, -0.05) is 13.8 Å². The molecule has 2 N–H and O–H groups in total. The number of methoxy groups -OCH3 is 1. The van der Waals surface area contributed by atoms with Gasteiger partial charge in [-0.2, -0.15) is 0 Å². The number of ketones is 1. The minimum Gasteiger partial charge on any atom is -0.467 e. The second kappa shape index (κ2) is 13.7. The number of esters is 4. The maximum atomic E-state index is 14.0. The SMILES string of the molecule is COC(=O)[C@@H]1O[C@@H](O[C@@H]2CC[C@]3(C)[C@H](CC[C@@H]4[C@@H]5CC[C@H]([C@H](O)CO)[C@@]5(C)CC(=O)[C@@H]43)C2)[C@H](OC(C)=O)[C@@H](OC(C)=O)[C@@H]1OC(C)=O. The van der Waals surface area contributed by atoms with Crippen LogP contribution in [0.15, 0.2) is 0 Å². The molecule has 5 fully saturated rings. The van der Waals surface area contributed by atoms with Crippen LogP contribution < -0.4 is 0 Å². The summed E-state index contributed by atoms with van der Waals surface area (Å²) in [6, 6.07) is 0. The van der Waals surface area contributed by atoms with Crippen LogP contribution >= 0.6 is 0 Å². The fourth-order valence-electron chi connectivity index (χ4n) is 10.3. The fraction of sp³-hybridized carbons (Fsp3) is 0.853. The molecule has 0 spiro atoms. The molecule has 0 amide bonds. The van der Waals surface area contributed by atoms with E-state index >= 15 is 0 Å². The molecule has 264 valence electrons. The summed E-state index contributed by atoms with van der Waals surface area (Å²) < 4.78 is 33.7. The topological polar surface area (TPSA) is 181 Å². The van der Waals surface area contributed by atoms with E-state index in [0.29, 0.717) is 31.6 Å². The zero-order valence-corrected chi connectivity index (χ0v) is 28.2. The summed E-state index contributed by atoms with van der Waals surface area (Å²) in [5.41, 5.74) is -0.584. The molecule has 14 atom stereocenters. The summed E-state index contributed by atoms with van der Waals surface area (Å²) in [5.74, 6) is -2.42. The summed E-state index contributed by atoms with van der Waals surface area (Å²) in [5, 5.41) is 20.3. The quantitative estimate of drug-likeness (QED) is 0.219. The Morgan fingerprint density at radius 1 is 0.894 bits per heavy atom. The van der Waals surface area contributed by atoms with E-state index in [2.05, 4.69) is 13.8 Å². The Morgan fingerprint density at radius 3 is 2.15 bits per heavy atom. The Morgan fingerprint density at radius 2 is 1.53 bits per heavy atom. The number of hydrogen-bond acceptors (Lipinski definition) is 13. The zero-order chi connectivity index (χ0) is 34.4. The fourth-order valence-corrected chi connectivity index (χ4v) is 10.3. The Labute approximate surface area is 275 Å². The monoisotopic (exact) mass is 666 g/mol. The smallest absolute Gasteiger partial charge is 0.339 e. The molecule has 0 aromatic carbocycles. The van der Waals surface area contributed by atoms with Crippen LogP contribution in [-0.4, -0.2) is 96.5 Å². The van der Waals surface area contributed by atoms with Crippen LogP contribution in [0.4, 0.5) is 0 Å². The largest absolute Gasteiger partial charge is 0.467 e. The van der Waals surface area contributed by atoms with Crippen LogP contribution in [0.5, 0.6) is 0 Å². The van der Waals surface area contributed by atoms with Crippen molar-refractivity contribution in [2.45, 2.75) is 129 Å². The number of carbonyl (C=O) groups is 5. The van der Waals surface area contributed by atoms with E-state index in [1.807, 2.05) is 0 Å². The van der Waals surface area contributed by atoms with Gasteiger partial charge in [0.1, 0.15) is 5.78 Å². The first kappa shape index (κ1) is 35.7. The van der Waals surface area contributed by atoms with Gasteiger partial charge in [0.15, 0.2) is 30.7 Å². The van der Waals surface area contributed by atoms with Gasteiger partial charge in [0.2, 0.25) is 0 Å². The molecule has 13 nitrogen and oxygen atoms in total. The molecular formula is C34H50O13. The van der Waals surface area contributed by atoms with Gasteiger partial charge in [0.05, 0.1) is 25.9 Å². The Hall–Kier alpha value is -2.61. The summed E-state index contributed by atoms with van der Waals surface area (Å²) in [4.78, 5) is 63.2. The Balaban J connectivity index is 1.36. The minimum absolute atomic E-state index is 0.0946. The third-order valence-electron chi connectivity index (χ3n) is 12.2. The first-order valence-electron chi connectivity index (χ1n) is 16.9. The average Bonchev–Trinajstić information content (AvgIpc) is 3.34.